The second-order valence-corrected chi connectivity index (χ2v) is 8.74. The monoisotopic (exact) mass is 352 g/mol. The number of carbonyl (C=O) groups is 1. The molecule has 2 fully saturated rings. The molecular formula is C16H20N2O5S. The van der Waals surface area contributed by atoms with Crippen LogP contribution in [0.3, 0.4) is 0 Å². The number of hydrogen-bond donors (Lipinski definition) is 2. The Hall–Kier alpha value is -1.64. The smallest absolute Gasteiger partial charge is 0.262 e. The fourth-order valence-electron chi connectivity index (χ4n) is 3.51. The van der Waals surface area contributed by atoms with Gasteiger partial charge in [0.1, 0.15) is 5.75 Å². The van der Waals surface area contributed by atoms with Crippen molar-refractivity contribution in [1.82, 2.24) is 4.31 Å². The number of piperidine rings is 1. The molecule has 0 aromatic heterocycles. The van der Waals surface area contributed by atoms with Crippen LogP contribution in [-0.4, -0.2) is 49.0 Å². The lowest BCUT2D eigenvalue weighted by Crippen LogP contribution is -2.44. The van der Waals surface area contributed by atoms with Gasteiger partial charge < -0.3 is 15.2 Å². The maximum absolute atomic E-state index is 12.9. The molecule has 1 amide bonds. The molecule has 7 nitrogen and oxygen atoms in total. The number of aliphatic hydroxyl groups is 1. The largest absolute Gasteiger partial charge is 0.482 e. The lowest BCUT2D eigenvalue weighted by molar-refractivity contribution is -0.118. The van der Waals surface area contributed by atoms with Gasteiger partial charge in [0.15, 0.2) is 6.61 Å². The van der Waals surface area contributed by atoms with Gasteiger partial charge in [0, 0.05) is 19.0 Å². The van der Waals surface area contributed by atoms with Gasteiger partial charge in [0.05, 0.1) is 16.2 Å². The van der Waals surface area contributed by atoms with Crippen molar-refractivity contribution in [2.24, 2.45) is 5.92 Å². The van der Waals surface area contributed by atoms with Crippen LogP contribution in [0, 0.1) is 5.92 Å². The zero-order chi connectivity index (χ0) is 16.9. The standard InChI is InChI=1S/C16H20N2O5S/c19-15-10-23-14-4-3-12(8-13(14)17-15)24(21,22)18-7-1-2-11(9-18)16(20)5-6-16/h3-4,8,11,20H,1-2,5-7,9-10H2,(H,17,19). The van der Waals surface area contributed by atoms with Gasteiger partial charge in [-0.15, -0.1) is 0 Å². The van der Waals surface area contributed by atoms with E-state index in [1.807, 2.05) is 0 Å². The van der Waals surface area contributed by atoms with Gasteiger partial charge >= 0.3 is 0 Å². The number of nitrogens with one attached hydrogen (secondary N) is 1. The Kier molecular flexibility index (Phi) is 3.59. The number of benzene rings is 1. The maximum atomic E-state index is 12.9. The van der Waals surface area contributed by atoms with Gasteiger partial charge in [-0.1, -0.05) is 0 Å². The predicted octanol–water partition coefficient (Wildman–Crippen LogP) is 0.943. The van der Waals surface area contributed by atoms with Crippen molar-refractivity contribution < 1.29 is 23.1 Å². The van der Waals surface area contributed by atoms with Crippen LogP contribution >= 0.6 is 0 Å². The Labute approximate surface area is 140 Å². The Morgan fingerprint density at radius 1 is 1.33 bits per heavy atom. The van der Waals surface area contributed by atoms with Gasteiger partial charge in [0.25, 0.3) is 5.91 Å². The second-order valence-electron chi connectivity index (χ2n) is 6.80. The van der Waals surface area contributed by atoms with Crippen molar-refractivity contribution in [3.05, 3.63) is 18.2 Å². The molecule has 130 valence electrons. The molecule has 1 unspecified atom stereocenters. The summed E-state index contributed by atoms with van der Waals surface area (Å²) < 4.78 is 32.6. The minimum atomic E-state index is -3.66. The van der Waals surface area contributed by atoms with Crippen molar-refractivity contribution in [2.45, 2.75) is 36.2 Å². The van der Waals surface area contributed by atoms with E-state index in [0.29, 0.717) is 24.5 Å². The normalized spacial score (nSPS) is 26.2. The summed E-state index contributed by atoms with van der Waals surface area (Å²) in [5, 5.41) is 12.9. The average Bonchev–Trinajstić information content (AvgIpc) is 3.33. The Morgan fingerprint density at radius 2 is 2.12 bits per heavy atom. The van der Waals surface area contributed by atoms with Crippen molar-refractivity contribution in [3.8, 4) is 5.75 Å². The number of amides is 1. The average molecular weight is 352 g/mol. The van der Waals surface area contributed by atoms with E-state index in [9.17, 15) is 18.3 Å². The Morgan fingerprint density at radius 3 is 2.88 bits per heavy atom. The fraction of sp³-hybridized carbons (Fsp3) is 0.562. The fourth-order valence-corrected chi connectivity index (χ4v) is 5.06. The zero-order valence-corrected chi connectivity index (χ0v) is 14.0. The highest BCUT2D eigenvalue weighted by Crippen LogP contribution is 2.46. The molecule has 1 saturated heterocycles. The molecule has 24 heavy (non-hydrogen) atoms. The number of ether oxygens (including phenoxy) is 1. The summed E-state index contributed by atoms with van der Waals surface area (Å²) in [5.74, 6) is 0.171. The lowest BCUT2D eigenvalue weighted by atomic mass is 9.92. The first kappa shape index (κ1) is 15.9. The number of fused-ring (bicyclic) bond motifs is 1. The highest BCUT2D eigenvalue weighted by atomic mass is 32.2. The quantitative estimate of drug-likeness (QED) is 0.844. The summed E-state index contributed by atoms with van der Waals surface area (Å²) in [4.78, 5) is 11.6. The van der Waals surface area contributed by atoms with Crippen LogP contribution in [0.2, 0.25) is 0 Å². The van der Waals surface area contributed by atoms with Crippen molar-refractivity contribution in [1.29, 1.82) is 0 Å². The van der Waals surface area contributed by atoms with Crippen LogP contribution in [0.15, 0.2) is 23.1 Å². The van der Waals surface area contributed by atoms with Crippen LogP contribution in [0.25, 0.3) is 0 Å². The van der Waals surface area contributed by atoms with Gasteiger partial charge in [0.2, 0.25) is 10.0 Å². The molecular weight excluding hydrogens is 332 g/mol. The van der Waals surface area contributed by atoms with Gasteiger partial charge in [-0.2, -0.15) is 4.31 Å². The summed E-state index contributed by atoms with van der Waals surface area (Å²) in [6.45, 7) is 0.735. The van der Waals surface area contributed by atoms with E-state index in [-0.39, 0.29) is 23.3 Å². The minimum Gasteiger partial charge on any atom is -0.482 e. The zero-order valence-electron chi connectivity index (χ0n) is 13.2. The molecule has 0 radical (unpaired) electrons. The SMILES string of the molecule is O=C1COc2ccc(S(=O)(=O)N3CCCC(C4(O)CC4)C3)cc2N1. The van der Waals surface area contributed by atoms with E-state index in [1.54, 1.807) is 6.07 Å². The first-order valence-corrected chi connectivity index (χ1v) is 9.62. The van der Waals surface area contributed by atoms with Gasteiger partial charge in [-0.3, -0.25) is 4.79 Å². The highest BCUT2D eigenvalue weighted by molar-refractivity contribution is 7.89. The van der Waals surface area contributed by atoms with E-state index in [0.717, 1.165) is 25.7 Å². The molecule has 1 aliphatic carbocycles. The summed E-state index contributed by atoms with van der Waals surface area (Å²) in [6, 6.07) is 4.51. The van der Waals surface area contributed by atoms with Gasteiger partial charge in [-0.25, -0.2) is 8.42 Å². The number of carbonyl (C=O) groups excluding carboxylic acids is 1. The van der Waals surface area contributed by atoms with E-state index in [4.69, 9.17) is 4.74 Å². The molecule has 1 aromatic rings. The molecule has 2 aliphatic heterocycles. The van der Waals surface area contributed by atoms with E-state index in [2.05, 4.69) is 5.32 Å². The Bertz CT molecular complexity index is 788. The molecule has 0 spiro atoms. The third-order valence-corrected chi connectivity index (χ3v) is 6.99. The second kappa shape index (κ2) is 5.44. The first-order chi connectivity index (χ1) is 11.4. The molecule has 1 atom stereocenters. The van der Waals surface area contributed by atoms with E-state index < -0.39 is 15.6 Å². The molecule has 2 heterocycles. The topological polar surface area (TPSA) is 95.9 Å². The molecule has 4 rings (SSSR count). The number of nitrogens with zero attached hydrogens (tertiary/aromatic N) is 1. The first-order valence-electron chi connectivity index (χ1n) is 8.18. The molecule has 8 heteroatoms. The van der Waals surface area contributed by atoms with Crippen LogP contribution in [0.5, 0.6) is 5.75 Å². The lowest BCUT2D eigenvalue weighted by Gasteiger charge is -2.34. The van der Waals surface area contributed by atoms with E-state index in [1.165, 1.54) is 16.4 Å². The molecule has 1 saturated carbocycles. The maximum Gasteiger partial charge on any atom is 0.262 e. The number of rotatable bonds is 3. The molecule has 0 bridgehead atoms. The van der Waals surface area contributed by atoms with Crippen LogP contribution in [0.1, 0.15) is 25.7 Å². The van der Waals surface area contributed by atoms with Crippen molar-refractivity contribution in [3.63, 3.8) is 0 Å². The number of anilines is 1. The third kappa shape index (κ3) is 2.68. The number of hydrogen-bond acceptors (Lipinski definition) is 5. The number of sulfonamides is 1. The van der Waals surface area contributed by atoms with E-state index >= 15 is 0 Å². The summed E-state index contributed by atoms with van der Waals surface area (Å²) in [6.07, 6.45) is 3.12. The van der Waals surface area contributed by atoms with Crippen LogP contribution < -0.4 is 10.1 Å². The van der Waals surface area contributed by atoms with Crippen molar-refractivity contribution >= 4 is 21.6 Å². The summed E-state index contributed by atoms with van der Waals surface area (Å²) in [7, 11) is -3.66. The minimum absolute atomic E-state index is 0.00156. The molecule has 2 N–H and O–H groups in total. The predicted molar refractivity (Wildman–Crippen MR) is 86.2 cm³/mol. The third-order valence-electron chi connectivity index (χ3n) is 5.13. The van der Waals surface area contributed by atoms with Crippen molar-refractivity contribution in [2.75, 3.05) is 25.0 Å². The summed E-state index contributed by atoms with van der Waals surface area (Å²) in [5.41, 5.74) is -0.298. The Balaban J connectivity index is 1.60. The van der Waals surface area contributed by atoms with Crippen LogP contribution in [0.4, 0.5) is 5.69 Å². The molecule has 1 aromatic carbocycles. The highest BCUT2D eigenvalue weighted by Gasteiger charge is 2.49. The van der Waals surface area contributed by atoms with Crippen LogP contribution in [-0.2, 0) is 14.8 Å². The molecule has 3 aliphatic rings. The van der Waals surface area contributed by atoms with Gasteiger partial charge in [-0.05, 0) is 43.9 Å². The summed E-state index contributed by atoms with van der Waals surface area (Å²) >= 11 is 0.